The standard InChI is InChI=1S/C17H22N2O3S/c1-13-16(17(21)18-10-6-3-7-11-20)23-15(19-13)12-22-14-8-4-2-5-9-14/h2,4-5,8-9,20H,3,6-7,10-12H2,1H3,(H,18,21). The highest BCUT2D eigenvalue weighted by atomic mass is 32.1. The number of unbranched alkanes of at least 4 members (excludes halogenated alkanes) is 2. The summed E-state index contributed by atoms with van der Waals surface area (Å²) in [6, 6.07) is 9.54. The first kappa shape index (κ1) is 17.4. The summed E-state index contributed by atoms with van der Waals surface area (Å²) in [5.41, 5.74) is 0.731. The van der Waals surface area contributed by atoms with E-state index < -0.39 is 0 Å². The van der Waals surface area contributed by atoms with Crippen LogP contribution in [0.4, 0.5) is 0 Å². The van der Waals surface area contributed by atoms with Gasteiger partial charge in [0.05, 0.1) is 5.69 Å². The third kappa shape index (κ3) is 5.65. The molecule has 2 rings (SSSR count). The van der Waals surface area contributed by atoms with Gasteiger partial charge in [-0.3, -0.25) is 4.79 Å². The quantitative estimate of drug-likeness (QED) is 0.692. The van der Waals surface area contributed by atoms with Crippen molar-refractivity contribution in [2.45, 2.75) is 32.8 Å². The first-order valence-corrected chi connectivity index (χ1v) is 8.55. The summed E-state index contributed by atoms with van der Waals surface area (Å²) in [7, 11) is 0. The van der Waals surface area contributed by atoms with Gasteiger partial charge < -0.3 is 15.2 Å². The van der Waals surface area contributed by atoms with Crippen LogP contribution in [0.25, 0.3) is 0 Å². The number of rotatable bonds is 9. The number of carbonyl (C=O) groups is 1. The van der Waals surface area contributed by atoms with Crippen LogP contribution in [0.5, 0.6) is 5.75 Å². The van der Waals surface area contributed by atoms with Gasteiger partial charge in [0.15, 0.2) is 0 Å². The Morgan fingerprint density at radius 2 is 2.04 bits per heavy atom. The number of aryl methyl sites for hydroxylation is 1. The molecule has 1 aromatic heterocycles. The van der Waals surface area contributed by atoms with Crippen molar-refractivity contribution in [1.82, 2.24) is 10.3 Å². The number of aromatic nitrogens is 1. The fourth-order valence-electron chi connectivity index (χ4n) is 2.08. The van der Waals surface area contributed by atoms with Gasteiger partial charge in [0.1, 0.15) is 22.2 Å². The highest BCUT2D eigenvalue weighted by Crippen LogP contribution is 2.20. The maximum atomic E-state index is 12.2. The van der Waals surface area contributed by atoms with E-state index in [-0.39, 0.29) is 12.5 Å². The highest BCUT2D eigenvalue weighted by molar-refractivity contribution is 7.13. The Labute approximate surface area is 140 Å². The number of hydrogen-bond donors (Lipinski definition) is 2. The SMILES string of the molecule is Cc1nc(COc2ccccc2)sc1C(=O)NCCCCCO. The van der Waals surface area contributed by atoms with Crippen molar-refractivity contribution in [2.75, 3.05) is 13.2 Å². The third-order valence-electron chi connectivity index (χ3n) is 3.27. The molecule has 0 aliphatic heterocycles. The Morgan fingerprint density at radius 3 is 2.78 bits per heavy atom. The predicted molar refractivity (Wildman–Crippen MR) is 90.9 cm³/mol. The normalized spacial score (nSPS) is 10.5. The van der Waals surface area contributed by atoms with E-state index in [0.717, 1.165) is 35.7 Å². The zero-order valence-corrected chi connectivity index (χ0v) is 14.1. The van der Waals surface area contributed by atoms with Gasteiger partial charge in [-0.15, -0.1) is 11.3 Å². The van der Waals surface area contributed by atoms with Crippen LogP contribution in [0.3, 0.4) is 0 Å². The van der Waals surface area contributed by atoms with E-state index in [1.807, 2.05) is 37.3 Å². The molecule has 0 radical (unpaired) electrons. The zero-order valence-electron chi connectivity index (χ0n) is 13.2. The number of hydrogen-bond acceptors (Lipinski definition) is 5. The van der Waals surface area contributed by atoms with Crippen molar-refractivity contribution in [2.24, 2.45) is 0 Å². The van der Waals surface area contributed by atoms with Crippen LogP contribution < -0.4 is 10.1 Å². The molecule has 0 saturated heterocycles. The summed E-state index contributed by atoms with van der Waals surface area (Å²) >= 11 is 1.37. The maximum Gasteiger partial charge on any atom is 0.263 e. The van der Waals surface area contributed by atoms with Crippen molar-refractivity contribution in [3.8, 4) is 5.75 Å². The van der Waals surface area contributed by atoms with Crippen LogP contribution in [0.15, 0.2) is 30.3 Å². The lowest BCUT2D eigenvalue weighted by Crippen LogP contribution is -2.24. The Hall–Kier alpha value is -1.92. The van der Waals surface area contributed by atoms with E-state index in [4.69, 9.17) is 9.84 Å². The molecule has 0 saturated carbocycles. The summed E-state index contributed by atoms with van der Waals surface area (Å²) in [5.74, 6) is 0.699. The van der Waals surface area contributed by atoms with Crippen molar-refractivity contribution >= 4 is 17.2 Å². The largest absolute Gasteiger partial charge is 0.486 e. The van der Waals surface area contributed by atoms with Crippen LogP contribution in [0.1, 0.15) is 39.6 Å². The molecule has 2 aromatic rings. The smallest absolute Gasteiger partial charge is 0.263 e. The van der Waals surface area contributed by atoms with Gasteiger partial charge in [-0.2, -0.15) is 0 Å². The number of para-hydroxylation sites is 1. The molecule has 1 amide bonds. The summed E-state index contributed by atoms with van der Waals surface area (Å²) in [5, 5.41) is 12.4. The third-order valence-corrected chi connectivity index (χ3v) is 4.40. The van der Waals surface area contributed by atoms with E-state index in [1.165, 1.54) is 11.3 Å². The van der Waals surface area contributed by atoms with Gasteiger partial charge in [0, 0.05) is 13.2 Å². The van der Waals surface area contributed by atoms with Gasteiger partial charge in [-0.1, -0.05) is 18.2 Å². The number of aliphatic hydroxyl groups excluding tert-OH is 1. The minimum Gasteiger partial charge on any atom is -0.486 e. The molecular formula is C17H22N2O3S. The van der Waals surface area contributed by atoms with E-state index in [0.29, 0.717) is 18.0 Å². The van der Waals surface area contributed by atoms with Crippen LogP contribution in [0, 0.1) is 6.92 Å². The van der Waals surface area contributed by atoms with Crippen LogP contribution in [0.2, 0.25) is 0 Å². The Balaban J connectivity index is 1.83. The van der Waals surface area contributed by atoms with Crippen molar-refractivity contribution < 1.29 is 14.6 Å². The first-order valence-electron chi connectivity index (χ1n) is 7.74. The van der Waals surface area contributed by atoms with Crippen molar-refractivity contribution in [3.05, 3.63) is 45.9 Å². The monoisotopic (exact) mass is 334 g/mol. The summed E-state index contributed by atoms with van der Waals surface area (Å²) in [4.78, 5) is 17.2. The number of nitrogens with zero attached hydrogens (tertiary/aromatic N) is 1. The first-order chi connectivity index (χ1) is 11.2. The minimum absolute atomic E-state index is 0.0880. The number of aliphatic hydroxyl groups is 1. The number of nitrogens with one attached hydrogen (secondary N) is 1. The topological polar surface area (TPSA) is 71.5 Å². The molecule has 5 nitrogen and oxygen atoms in total. The molecule has 0 unspecified atom stereocenters. The van der Waals surface area contributed by atoms with Gasteiger partial charge in [-0.25, -0.2) is 4.98 Å². The molecule has 1 heterocycles. The van der Waals surface area contributed by atoms with E-state index >= 15 is 0 Å². The molecule has 23 heavy (non-hydrogen) atoms. The average Bonchev–Trinajstić information content (AvgIpc) is 2.94. The van der Waals surface area contributed by atoms with Gasteiger partial charge >= 0.3 is 0 Å². The predicted octanol–water partition coefficient (Wildman–Crippen LogP) is 2.92. The molecular weight excluding hydrogens is 312 g/mol. The second-order valence-corrected chi connectivity index (χ2v) is 6.25. The number of ether oxygens (including phenoxy) is 1. The Bertz CT molecular complexity index is 614. The maximum absolute atomic E-state index is 12.2. The lowest BCUT2D eigenvalue weighted by Gasteiger charge is -2.03. The van der Waals surface area contributed by atoms with Crippen molar-refractivity contribution in [1.29, 1.82) is 0 Å². The molecule has 0 bridgehead atoms. The van der Waals surface area contributed by atoms with E-state index in [1.54, 1.807) is 0 Å². The number of benzene rings is 1. The molecule has 0 atom stereocenters. The summed E-state index contributed by atoms with van der Waals surface area (Å²) in [6.07, 6.45) is 2.55. The van der Waals surface area contributed by atoms with Gasteiger partial charge in [0.25, 0.3) is 5.91 Å². The molecule has 0 aliphatic rings. The second-order valence-electron chi connectivity index (χ2n) is 5.16. The van der Waals surface area contributed by atoms with Crippen molar-refractivity contribution in [3.63, 3.8) is 0 Å². The van der Waals surface area contributed by atoms with Crippen LogP contribution in [-0.2, 0) is 6.61 Å². The van der Waals surface area contributed by atoms with Gasteiger partial charge in [0.2, 0.25) is 0 Å². The average molecular weight is 334 g/mol. The van der Waals surface area contributed by atoms with E-state index in [9.17, 15) is 4.79 Å². The summed E-state index contributed by atoms with van der Waals surface area (Å²) < 4.78 is 5.66. The Morgan fingerprint density at radius 1 is 1.26 bits per heavy atom. The number of amides is 1. The lowest BCUT2D eigenvalue weighted by atomic mass is 10.2. The summed E-state index contributed by atoms with van der Waals surface area (Å²) in [6.45, 7) is 3.02. The highest BCUT2D eigenvalue weighted by Gasteiger charge is 2.15. The fraction of sp³-hybridized carbons (Fsp3) is 0.412. The molecule has 0 spiro atoms. The molecule has 0 fully saturated rings. The molecule has 6 heteroatoms. The molecule has 124 valence electrons. The van der Waals surface area contributed by atoms with Crippen LogP contribution >= 0.6 is 11.3 Å². The molecule has 0 aliphatic carbocycles. The van der Waals surface area contributed by atoms with Crippen LogP contribution in [-0.4, -0.2) is 29.1 Å². The minimum atomic E-state index is -0.0880. The molecule has 1 aromatic carbocycles. The lowest BCUT2D eigenvalue weighted by molar-refractivity contribution is 0.0956. The zero-order chi connectivity index (χ0) is 16.5. The van der Waals surface area contributed by atoms with E-state index in [2.05, 4.69) is 10.3 Å². The molecule has 2 N–H and O–H groups in total. The second kappa shape index (κ2) is 9.27. The number of carbonyl (C=O) groups excluding carboxylic acids is 1. The fourth-order valence-corrected chi connectivity index (χ4v) is 2.98. The van der Waals surface area contributed by atoms with Gasteiger partial charge in [-0.05, 0) is 38.3 Å². The number of thiazole rings is 1. The Kier molecular flexibility index (Phi) is 7.03.